The normalized spacial score (nSPS) is 29.8. The summed E-state index contributed by atoms with van der Waals surface area (Å²) in [6, 6.07) is 0. The van der Waals surface area contributed by atoms with Crippen molar-refractivity contribution in [2.24, 2.45) is 5.92 Å². The van der Waals surface area contributed by atoms with E-state index >= 15 is 0 Å². The third kappa shape index (κ3) is 1.65. The van der Waals surface area contributed by atoms with E-state index in [1.807, 2.05) is 0 Å². The van der Waals surface area contributed by atoms with E-state index in [9.17, 15) is 13.6 Å². The molecule has 3 nitrogen and oxygen atoms in total. The van der Waals surface area contributed by atoms with Crippen LogP contribution in [0.4, 0.5) is 8.78 Å². The average Bonchev–Trinajstić information content (AvgIpc) is 1.85. The molecular formula is C6H8F2O3. The summed E-state index contributed by atoms with van der Waals surface area (Å²) in [6.45, 7) is -0.445. The van der Waals surface area contributed by atoms with Gasteiger partial charge in [-0.1, -0.05) is 0 Å². The van der Waals surface area contributed by atoms with Gasteiger partial charge in [-0.25, -0.2) is 8.78 Å². The summed E-state index contributed by atoms with van der Waals surface area (Å²) < 4.78 is 29.9. The van der Waals surface area contributed by atoms with E-state index in [0.717, 1.165) is 0 Å². The number of aliphatic carboxylic acids is 1. The molecule has 1 atom stereocenters. The molecule has 1 fully saturated rings. The number of carbonyl (C=O) groups is 1. The topological polar surface area (TPSA) is 46.5 Å². The highest BCUT2D eigenvalue weighted by Gasteiger charge is 2.46. The van der Waals surface area contributed by atoms with E-state index in [1.165, 1.54) is 0 Å². The lowest BCUT2D eigenvalue weighted by Crippen LogP contribution is -2.42. The molecule has 5 heteroatoms. The van der Waals surface area contributed by atoms with Crippen LogP contribution >= 0.6 is 0 Å². The van der Waals surface area contributed by atoms with E-state index in [-0.39, 0.29) is 13.2 Å². The highest BCUT2D eigenvalue weighted by molar-refractivity contribution is 5.71. The van der Waals surface area contributed by atoms with Gasteiger partial charge >= 0.3 is 5.97 Å². The second kappa shape index (κ2) is 2.73. The van der Waals surface area contributed by atoms with E-state index in [2.05, 4.69) is 4.74 Å². The lowest BCUT2D eigenvalue weighted by molar-refractivity contribution is -0.178. The molecule has 1 rings (SSSR count). The minimum Gasteiger partial charge on any atom is -0.481 e. The highest BCUT2D eigenvalue weighted by Crippen LogP contribution is 2.32. The van der Waals surface area contributed by atoms with Crippen molar-refractivity contribution >= 4 is 5.97 Å². The molecule has 11 heavy (non-hydrogen) atoms. The van der Waals surface area contributed by atoms with Gasteiger partial charge in [-0.3, -0.25) is 4.79 Å². The monoisotopic (exact) mass is 166 g/mol. The molecule has 0 aromatic heterocycles. The molecule has 1 N–H and O–H groups in total. The van der Waals surface area contributed by atoms with Crippen molar-refractivity contribution in [3.8, 4) is 0 Å². The Bertz CT molecular complexity index is 169. The van der Waals surface area contributed by atoms with Crippen molar-refractivity contribution in [3.05, 3.63) is 0 Å². The maximum absolute atomic E-state index is 12.7. The minimum absolute atomic E-state index is 0.0587. The Kier molecular flexibility index (Phi) is 2.08. The third-order valence-corrected chi connectivity index (χ3v) is 1.67. The molecule has 0 bridgehead atoms. The summed E-state index contributed by atoms with van der Waals surface area (Å²) in [5.74, 6) is -6.27. The zero-order valence-electron chi connectivity index (χ0n) is 5.72. The van der Waals surface area contributed by atoms with Gasteiger partial charge in [-0.05, 0) is 0 Å². The van der Waals surface area contributed by atoms with Crippen LogP contribution in [-0.4, -0.2) is 30.2 Å². The Balaban J connectivity index is 2.67. The van der Waals surface area contributed by atoms with Crippen LogP contribution in [0.5, 0.6) is 0 Å². The molecule has 0 amide bonds. The number of halogens is 2. The van der Waals surface area contributed by atoms with Crippen LogP contribution in [0.2, 0.25) is 0 Å². The summed E-state index contributed by atoms with van der Waals surface area (Å²) in [6.07, 6.45) is -0.496. The smallest absolute Gasteiger partial charge is 0.315 e. The molecule has 1 saturated heterocycles. The lowest BCUT2D eigenvalue weighted by atomic mass is 9.98. The van der Waals surface area contributed by atoms with Crippen LogP contribution in [0, 0.1) is 5.92 Å². The molecule has 1 aliphatic rings. The summed E-state index contributed by atoms with van der Waals surface area (Å²) in [7, 11) is 0. The fraction of sp³-hybridized carbons (Fsp3) is 0.833. The molecule has 1 aliphatic heterocycles. The van der Waals surface area contributed by atoms with Crippen LogP contribution < -0.4 is 0 Å². The van der Waals surface area contributed by atoms with Crippen LogP contribution in [0.1, 0.15) is 6.42 Å². The molecule has 0 aromatic rings. The molecule has 0 radical (unpaired) electrons. The second-order valence-corrected chi connectivity index (χ2v) is 2.48. The van der Waals surface area contributed by atoms with Gasteiger partial charge in [0, 0.05) is 6.42 Å². The molecule has 0 saturated carbocycles. The first kappa shape index (κ1) is 8.39. The standard InChI is InChI=1S/C6H8F2O3/c7-6(8)1-2-11-3-4(6)5(9)10/h4H,1-3H2,(H,9,10). The Hall–Kier alpha value is -0.710. The van der Waals surface area contributed by atoms with Gasteiger partial charge < -0.3 is 9.84 Å². The van der Waals surface area contributed by atoms with Crippen LogP contribution in [0.3, 0.4) is 0 Å². The third-order valence-electron chi connectivity index (χ3n) is 1.67. The molecule has 1 heterocycles. The van der Waals surface area contributed by atoms with Crippen molar-refractivity contribution in [1.29, 1.82) is 0 Å². The Labute approximate surface area is 62.0 Å². The quantitative estimate of drug-likeness (QED) is 0.625. The number of hydrogen-bond donors (Lipinski definition) is 1. The van der Waals surface area contributed by atoms with Crippen LogP contribution in [-0.2, 0) is 9.53 Å². The van der Waals surface area contributed by atoms with Gasteiger partial charge in [0.1, 0.15) is 5.92 Å². The van der Waals surface area contributed by atoms with Crippen molar-refractivity contribution in [2.75, 3.05) is 13.2 Å². The Morgan fingerprint density at radius 3 is 2.64 bits per heavy atom. The first-order valence-corrected chi connectivity index (χ1v) is 3.22. The predicted octanol–water partition coefficient (Wildman–Crippen LogP) is 0.743. The van der Waals surface area contributed by atoms with Gasteiger partial charge in [-0.2, -0.15) is 0 Å². The molecule has 1 unspecified atom stereocenters. The SMILES string of the molecule is O=C(O)C1COCCC1(F)F. The largest absolute Gasteiger partial charge is 0.481 e. The minimum atomic E-state index is -3.11. The molecule has 64 valence electrons. The number of ether oxygens (including phenoxy) is 1. The maximum Gasteiger partial charge on any atom is 0.315 e. The van der Waals surface area contributed by atoms with Gasteiger partial charge in [0.15, 0.2) is 0 Å². The molecule has 0 aliphatic carbocycles. The van der Waals surface area contributed by atoms with Crippen molar-refractivity contribution in [1.82, 2.24) is 0 Å². The van der Waals surface area contributed by atoms with Crippen molar-refractivity contribution in [2.45, 2.75) is 12.3 Å². The van der Waals surface area contributed by atoms with Gasteiger partial charge in [0.2, 0.25) is 0 Å². The van der Waals surface area contributed by atoms with E-state index in [0.29, 0.717) is 0 Å². The maximum atomic E-state index is 12.7. The number of alkyl halides is 2. The first-order chi connectivity index (χ1) is 5.04. The van der Waals surface area contributed by atoms with Crippen LogP contribution in [0.15, 0.2) is 0 Å². The number of carboxylic acids is 1. The zero-order chi connectivity index (χ0) is 8.48. The first-order valence-electron chi connectivity index (χ1n) is 3.22. The van der Waals surface area contributed by atoms with E-state index in [4.69, 9.17) is 5.11 Å². The number of carboxylic acid groups (broad SMARTS) is 1. The fourth-order valence-electron chi connectivity index (χ4n) is 0.958. The molecule has 0 spiro atoms. The predicted molar refractivity (Wildman–Crippen MR) is 31.5 cm³/mol. The molecular weight excluding hydrogens is 158 g/mol. The highest BCUT2D eigenvalue weighted by atomic mass is 19.3. The zero-order valence-corrected chi connectivity index (χ0v) is 5.72. The van der Waals surface area contributed by atoms with Crippen molar-refractivity contribution < 1.29 is 23.4 Å². The van der Waals surface area contributed by atoms with Crippen LogP contribution in [0.25, 0.3) is 0 Å². The number of rotatable bonds is 1. The summed E-state index contributed by atoms with van der Waals surface area (Å²) in [4.78, 5) is 10.2. The van der Waals surface area contributed by atoms with Gasteiger partial charge in [0.05, 0.1) is 13.2 Å². The molecule has 0 aromatic carbocycles. The Morgan fingerprint density at radius 1 is 1.64 bits per heavy atom. The summed E-state index contributed by atoms with van der Waals surface area (Å²) in [5.41, 5.74) is 0. The second-order valence-electron chi connectivity index (χ2n) is 2.48. The summed E-state index contributed by atoms with van der Waals surface area (Å²) in [5, 5.41) is 8.31. The van der Waals surface area contributed by atoms with Crippen molar-refractivity contribution in [3.63, 3.8) is 0 Å². The average molecular weight is 166 g/mol. The van der Waals surface area contributed by atoms with E-state index in [1.54, 1.807) is 0 Å². The Morgan fingerprint density at radius 2 is 2.27 bits per heavy atom. The van der Waals surface area contributed by atoms with Gasteiger partial charge in [-0.15, -0.1) is 0 Å². The number of hydrogen-bond acceptors (Lipinski definition) is 2. The lowest BCUT2D eigenvalue weighted by Gasteiger charge is -2.27. The summed E-state index contributed by atoms with van der Waals surface area (Å²) >= 11 is 0. The van der Waals surface area contributed by atoms with Gasteiger partial charge in [0.25, 0.3) is 5.92 Å². The fourth-order valence-corrected chi connectivity index (χ4v) is 0.958. The van der Waals surface area contributed by atoms with E-state index < -0.39 is 24.2 Å².